The number of nitro benzene ring substituents is 1. The van der Waals surface area contributed by atoms with Gasteiger partial charge in [-0.25, -0.2) is 4.39 Å². The highest BCUT2D eigenvalue weighted by Crippen LogP contribution is 2.28. The van der Waals surface area contributed by atoms with Crippen LogP contribution in [0.25, 0.3) is 0 Å². The number of rotatable bonds is 2. The molecule has 0 bridgehead atoms. The Morgan fingerprint density at radius 1 is 1.50 bits per heavy atom. The first-order valence-corrected chi connectivity index (χ1v) is 7.03. The number of thioether (sulfide) groups is 1. The van der Waals surface area contributed by atoms with Gasteiger partial charge in [0.2, 0.25) is 0 Å². The smallest absolute Gasteiger partial charge is 0.272 e. The molecule has 1 aromatic carbocycles. The molecule has 18 heavy (non-hydrogen) atoms. The number of benzene rings is 1. The Kier molecular flexibility index (Phi) is 4.06. The topological polar surface area (TPSA) is 46.4 Å². The second-order valence-electron chi connectivity index (χ2n) is 4.34. The lowest BCUT2D eigenvalue weighted by Crippen LogP contribution is -2.34. The maximum atomic E-state index is 13.9. The standard InChI is InChI=1S/C12H15FN2O2S/c1-9-4-6-18-7-5-14(9)12-3-2-10(15(16)17)8-11(12)13/h2-3,8-9H,4-7H2,1H3. The molecule has 1 aromatic rings. The third kappa shape index (κ3) is 2.75. The van der Waals surface area contributed by atoms with Gasteiger partial charge in [0.05, 0.1) is 16.7 Å². The molecular formula is C12H15FN2O2S. The summed E-state index contributed by atoms with van der Waals surface area (Å²) in [4.78, 5) is 12.0. The van der Waals surface area contributed by atoms with Gasteiger partial charge in [0, 0.05) is 24.4 Å². The van der Waals surface area contributed by atoms with E-state index in [0.717, 1.165) is 30.5 Å². The van der Waals surface area contributed by atoms with Gasteiger partial charge in [-0.15, -0.1) is 0 Å². The van der Waals surface area contributed by atoms with Crippen LogP contribution in [0.3, 0.4) is 0 Å². The van der Waals surface area contributed by atoms with E-state index in [1.165, 1.54) is 12.1 Å². The molecule has 0 aromatic heterocycles. The Morgan fingerprint density at radius 2 is 2.28 bits per heavy atom. The molecule has 0 aliphatic carbocycles. The molecule has 1 heterocycles. The van der Waals surface area contributed by atoms with Crippen molar-refractivity contribution in [2.45, 2.75) is 19.4 Å². The van der Waals surface area contributed by atoms with Crippen molar-refractivity contribution in [1.82, 2.24) is 0 Å². The molecule has 1 atom stereocenters. The van der Waals surface area contributed by atoms with Gasteiger partial charge in [-0.1, -0.05) is 0 Å². The zero-order chi connectivity index (χ0) is 13.1. The van der Waals surface area contributed by atoms with Crippen LogP contribution in [-0.4, -0.2) is 29.0 Å². The molecule has 1 fully saturated rings. The third-order valence-corrected chi connectivity index (χ3v) is 4.14. The van der Waals surface area contributed by atoms with Crippen LogP contribution >= 0.6 is 11.8 Å². The number of hydrogen-bond acceptors (Lipinski definition) is 4. The number of anilines is 1. The number of nitrogens with zero attached hydrogens (tertiary/aromatic N) is 2. The molecule has 0 spiro atoms. The summed E-state index contributed by atoms with van der Waals surface area (Å²) < 4.78 is 13.9. The van der Waals surface area contributed by atoms with E-state index in [0.29, 0.717) is 5.69 Å². The van der Waals surface area contributed by atoms with Gasteiger partial charge in [0.15, 0.2) is 5.82 Å². The SMILES string of the molecule is CC1CCSCCN1c1ccc([N+](=O)[O-])cc1F. The molecule has 0 amide bonds. The fourth-order valence-corrected chi connectivity index (χ4v) is 3.13. The minimum Gasteiger partial charge on any atom is -0.366 e. The van der Waals surface area contributed by atoms with E-state index >= 15 is 0 Å². The van der Waals surface area contributed by atoms with Crippen LogP contribution in [-0.2, 0) is 0 Å². The number of nitro groups is 1. The average Bonchev–Trinajstić information content (AvgIpc) is 2.54. The van der Waals surface area contributed by atoms with E-state index < -0.39 is 10.7 Å². The van der Waals surface area contributed by atoms with Gasteiger partial charge < -0.3 is 4.90 Å². The summed E-state index contributed by atoms with van der Waals surface area (Å²) in [6.45, 7) is 2.84. The monoisotopic (exact) mass is 270 g/mol. The van der Waals surface area contributed by atoms with Crippen LogP contribution in [0.5, 0.6) is 0 Å². The molecule has 1 aliphatic rings. The second-order valence-corrected chi connectivity index (χ2v) is 5.56. The van der Waals surface area contributed by atoms with Crippen molar-refractivity contribution in [1.29, 1.82) is 0 Å². The van der Waals surface area contributed by atoms with Gasteiger partial charge >= 0.3 is 0 Å². The first kappa shape index (κ1) is 13.1. The van der Waals surface area contributed by atoms with Gasteiger partial charge in [-0.05, 0) is 25.2 Å². The van der Waals surface area contributed by atoms with E-state index in [1.807, 2.05) is 16.7 Å². The maximum Gasteiger partial charge on any atom is 0.272 e. The summed E-state index contributed by atoms with van der Waals surface area (Å²) in [5.41, 5.74) is 0.267. The van der Waals surface area contributed by atoms with Gasteiger partial charge in [-0.2, -0.15) is 11.8 Å². The van der Waals surface area contributed by atoms with E-state index in [-0.39, 0.29) is 11.7 Å². The quantitative estimate of drug-likeness (QED) is 0.612. The molecule has 2 rings (SSSR count). The normalized spacial score (nSPS) is 20.6. The van der Waals surface area contributed by atoms with E-state index in [9.17, 15) is 14.5 Å². The number of non-ortho nitro benzene ring substituents is 1. The fraction of sp³-hybridized carbons (Fsp3) is 0.500. The van der Waals surface area contributed by atoms with Crippen molar-refractivity contribution < 1.29 is 9.31 Å². The lowest BCUT2D eigenvalue weighted by molar-refractivity contribution is -0.385. The Morgan fingerprint density at radius 3 is 2.94 bits per heavy atom. The van der Waals surface area contributed by atoms with Crippen LogP contribution < -0.4 is 4.90 Å². The lowest BCUT2D eigenvalue weighted by atomic mass is 10.1. The molecule has 98 valence electrons. The Balaban J connectivity index is 2.29. The molecular weight excluding hydrogens is 255 g/mol. The van der Waals surface area contributed by atoms with Crippen LogP contribution in [0.15, 0.2) is 18.2 Å². The zero-order valence-corrected chi connectivity index (χ0v) is 11.0. The van der Waals surface area contributed by atoms with Gasteiger partial charge in [0.25, 0.3) is 5.69 Å². The molecule has 1 unspecified atom stereocenters. The van der Waals surface area contributed by atoms with Crippen molar-refractivity contribution in [2.24, 2.45) is 0 Å². The predicted octanol–water partition coefficient (Wildman–Crippen LogP) is 3.07. The number of halogens is 1. The third-order valence-electron chi connectivity index (χ3n) is 3.14. The summed E-state index contributed by atoms with van der Waals surface area (Å²) in [6.07, 6.45) is 1.00. The molecule has 1 saturated heterocycles. The van der Waals surface area contributed by atoms with Crippen molar-refractivity contribution in [3.8, 4) is 0 Å². The molecule has 6 heteroatoms. The fourth-order valence-electron chi connectivity index (χ4n) is 2.10. The maximum absolute atomic E-state index is 13.9. The van der Waals surface area contributed by atoms with Crippen LogP contribution in [0, 0.1) is 15.9 Å². The lowest BCUT2D eigenvalue weighted by Gasteiger charge is -2.29. The van der Waals surface area contributed by atoms with Crippen molar-refractivity contribution in [3.05, 3.63) is 34.1 Å². The van der Waals surface area contributed by atoms with Crippen LogP contribution in [0.4, 0.5) is 15.8 Å². The van der Waals surface area contributed by atoms with Crippen molar-refractivity contribution in [2.75, 3.05) is 23.0 Å². The summed E-state index contributed by atoms with van der Waals surface area (Å²) in [7, 11) is 0. The van der Waals surface area contributed by atoms with Crippen LogP contribution in [0.2, 0.25) is 0 Å². The average molecular weight is 270 g/mol. The molecule has 0 radical (unpaired) electrons. The first-order valence-electron chi connectivity index (χ1n) is 5.88. The summed E-state index contributed by atoms with van der Waals surface area (Å²) in [5.74, 6) is 1.52. The van der Waals surface area contributed by atoms with E-state index in [4.69, 9.17) is 0 Å². The Bertz CT molecular complexity index is 456. The highest BCUT2D eigenvalue weighted by Gasteiger charge is 2.21. The highest BCUT2D eigenvalue weighted by molar-refractivity contribution is 7.99. The zero-order valence-electron chi connectivity index (χ0n) is 10.1. The van der Waals surface area contributed by atoms with E-state index in [1.54, 1.807) is 0 Å². The Hall–Kier alpha value is -1.30. The summed E-state index contributed by atoms with van der Waals surface area (Å²) in [5, 5.41) is 10.6. The minimum atomic E-state index is -0.575. The molecule has 0 N–H and O–H groups in total. The minimum absolute atomic E-state index is 0.201. The highest BCUT2D eigenvalue weighted by atomic mass is 32.2. The van der Waals surface area contributed by atoms with Crippen molar-refractivity contribution >= 4 is 23.1 Å². The molecule has 0 saturated carbocycles. The molecule has 4 nitrogen and oxygen atoms in total. The molecule has 1 aliphatic heterocycles. The second kappa shape index (κ2) is 5.56. The predicted molar refractivity (Wildman–Crippen MR) is 71.8 cm³/mol. The summed E-state index contributed by atoms with van der Waals surface area (Å²) in [6, 6.07) is 4.14. The van der Waals surface area contributed by atoms with E-state index in [2.05, 4.69) is 6.92 Å². The van der Waals surface area contributed by atoms with Crippen LogP contribution in [0.1, 0.15) is 13.3 Å². The largest absolute Gasteiger partial charge is 0.366 e. The van der Waals surface area contributed by atoms with Gasteiger partial charge in [-0.3, -0.25) is 10.1 Å². The first-order chi connectivity index (χ1) is 8.59. The van der Waals surface area contributed by atoms with Crippen molar-refractivity contribution in [3.63, 3.8) is 0 Å². The summed E-state index contributed by atoms with van der Waals surface area (Å²) >= 11 is 1.86. The number of hydrogen-bond donors (Lipinski definition) is 0. The van der Waals surface area contributed by atoms with Gasteiger partial charge in [0.1, 0.15) is 0 Å². The Labute approximate surface area is 109 Å².